The molecule has 2 N–H and O–H groups in total. The van der Waals surface area contributed by atoms with Crippen molar-refractivity contribution in [2.24, 2.45) is 0 Å². The lowest BCUT2D eigenvalue weighted by molar-refractivity contribution is -0.113. The van der Waals surface area contributed by atoms with E-state index >= 15 is 0 Å². The summed E-state index contributed by atoms with van der Waals surface area (Å²) in [5, 5.41) is 6.26. The fourth-order valence-corrected chi connectivity index (χ4v) is 3.54. The van der Waals surface area contributed by atoms with Crippen molar-refractivity contribution < 1.29 is 14.0 Å². The van der Waals surface area contributed by atoms with Gasteiger partial charge in [0.15, 0.2) is 0 Å². The molecule has 2 amide bonds. The number of benzene rings is 3. The first-order chi connectivity index (χ1) is 14.5. The van der Waals surface area contributed by atoms with Crippen molar-refractivity contribution in [3.05, 3.63) is 100 Å². The second-order valence-electron chi connectivity index (χ2n) is 6.55. The summed E-state index contributed by atoms with van der Waals surface area (Å²) in [5.41, 5.74) is 3.13. The molecule has 30 heavy (non-hydrogen) atoms. The first kappa shape index (κ1) is 21.9. The van der Waals surface area contributed by atoms with Crippen LogP contribution in [-0.4, -0.2) is 17.6 Å². The summed E-state index contributed by atoms with van der Waals surface area (Å²) in [6.45, 7) is 0.427. The maximum atomic E-state index is 12.9. The number of anilines is 1. The van der Waals surface area contributed by atoms with Gasteiger partial charge in [0.25, 0.3) is 5.91 Å². The third-order valence-electron chi connectivity index (χ3n) is 4.21. The Hall–Kier alpha value is -2.83. The van der Waals surface area contributed by atoms with Crippen molar-refractivity contribution in [3.8, 4) is 0 Å². The van der Waals surface area contributed by atoms with Gasteiger partial charge < -0.3 is 10.6 Å². The molecule has 3 aromatic rings. The van der Waals surface area contributed by atoms with Crippen LogP contribution < -0.4 is 10.6 Å². The fourth-order valence-electron chi connectivity index (χ4n) is 2.63. The molecule has 0 bridgehead atoms. The number of amides is 2. The highest BCUT2D eigenvalue weighted by Crippen LogP contribution is 2.15. The zero-order valence-electron chi connectivity index (χ0n) is 16.0. The number of halogens is 2. The van der Waals surface area contributed by atoms with Crippen molar-refractivity contribution >= 4 is 40.9 Å². The van der Waals surface area contributed by atoms with Gasteiger partial charge >= 0.3 is 0 Å². The number of carbonyl (C=O) groups excluding carboxylic acids is 2. The van der Waals surface area contributed by atoms with E-state index in [0.717, 1.165) is 11.1 Å². The van der Waals surface area contributed by atoms with Gasteiger partial charge in [-0.05, 0) is 59.7 Å². The van der Waals surface area contributed by atoms with Crippen molar-refractivity contribution in [2.45, 2.75) is 12.3 Å². The van der Waals surface area contributed by atoms with E-state index in [4.69, 9.17) is 11.6 Å². The van der Waals surface area contributed by atoms with E-state index in [1.807, 2.05) is 24.3 Å². The number of thioether (sulfide) groups is 1. The molecule has 0 radical (unpaired) electrons. The van der Waals surface area contributed by atoms with Gasteiger partial charge in [-0.3, -0.25) is 9.59 Å². The Bertz CT molecular complexity index is 993. The second kappa shape index (κ2) is 10.8. The SMILES string of the molecule is O=C(CSCc1ccc(C(=O)NCc2ccc(Cl)cc2)cc1)Nc1ccc(F)cc1. The topological polar surface area (TPSA) is 58.2 Å². The predicted molar refractivity (Wildman–Crippen MR) is 120 cm³/mol. The average molecular weight is 443 g/mol. The van der Waals surface area contributed by atoms with E-state index in [1.165, 1.54) is 36.0 Å². The number of hydrogen-bond donors (Lipinski definition) is 2. The zero-order chi connectivity index (χ0) is 21.3. The van der Waals surface area contributed by atoms with Gasteiger partial charge in [0, 0.05) is 28.6 Å². The summed E-state index contributed by atoms with van der Waals surface area (Å²) in [7, 11) is 0. The van der Waals surface area contributed by atoms with Crippen molar-refractivity contribution in [1.29, 1.82) is 0 Å². The highest BCUT2D eigenvalue weighted by molar-refractivity contribution is 7.99. The molecule has 0 spiro atoms. The Labute approximate surface area is 183 Å². The smallest absolute Gasteiger partial charge is 0.251 e. The molecule has 0 heterocycles. The highest BCUT2D eigenvalue weighted by Gasteiger charge is 2.07. The second-order valence-corrected chi connectivity index (χ2v) is 7.98. The summed E-state index contributed by atoms with van der Waals surface area (Å²) >= 11 is 7.32. The van der Waals surface area contributed by atoms with E-state index in [0.29, 0.717) is 28.6 Å². The monoisotopic (exact) mass is 442 g/mol. The molecule has 154 valence electrons. The number of hydrogen-bond acceptors (Lipinski definition) is 3. The summed E-state index contributed by atoms with van der Waals surface area (Å²) in [5.74, 6) is 0.279. The van der Waals surface area contributed by atoms with Crippen LogP contribution in [0.1, 0.15) is 21.5 Å². The van der Waals surface area contributed by atoms with Gasteiger partial charge in [-0.1, -0.05) is 35.9 Å². The Balaban J connectivity index is 1.41. The molecule has 0 saturated heterocycles. The average Bonchev–Trinajstić information content (AvgIpc) is 2.75. The van der Waals surface area contributed by atoms with E-state index in [2.05, 4.69) is 10.6 Å². The zero-order valence-corrected chi connectivity index (χ0v) is 17.6. The van der Waals surface area contributed by atoms with Crippen molar-refractivity contribution in [1.82, 2.24) is 5.32 Å². The predicted octanol–water partition coefficient (Wildman–Crippen LogP) is 5.28. The Morgan fingerprint density at radius 2 is 1.50 bits per heavy atom. The third kappa shape index (κ3) is 6.90. The molecule has 0 fully saturated rings. The van der Waals surface area contributed by atoms with Crippen molar-refractivity contribution in [3.63, 3.8) is 0 Å². The van der Waals surface area contributed by atoms with Crippen LogP contribution in [0.3, 0.4) is 0 Å². The number of rotatable bonds is 8. The molecular formula is C23H20ClFN2O2S. The van der Waals surface area contributed by atoms with Crippen LogP contribution in [0.15, 0.2) is 72.8 Å². The van der Waals surface area contributed by atoms with Crippen LogP contribution in [-0.2, 0) is 17.1 Å². The van der Waals surface area contributed by atoms with E-state index in [9.17, 15) is 14.0 Å². The van der Waals surface area contributed by atoms with Crippen LogP contribution in [0.5, 0.6) is 0 Å². The first-order valence-electron chi connectivity index (χ1n) is 9.24. The maximum Gasteiger partial charge on any atom is 0.251 e. The Kier molecular flexibility index (Phi) is 7.88. The Morgan fingerprint density at radius 1 is 0.867 bits per heavy atom. The lowest BCUT2D eigenvalue weighted by Crippen LogP contribution is -2.22. The molecule has 3 rings (SSSR count). The van der Waals surface area contributed by atoms with Gasteiger partial charge in [-0.2, -0.15) is 0 Å². The molecular weight excluding hydrogens is 423 g/mol. The molecule has 0 atom stereocenters. The van der Waals surface area contributed by atoms with Crippen LogP contribution >= 0.6 is 23.4 Å². The van der Waals surface area contributed by atoms with Gasteiger partial charge in [-0.25, -0.2) is 4.39 Å². The van der Waals surface area contributed by atoms with E-state index in [1.54, 1.807) is 24.3 Å². The minimum atomic E-state index is -0.343. The lowest BCUT2D eigenvalue weighted by atomic mass is 10.1. The van der Waals surface area contributed by atoms with Crippen molar-refractivity contribution in [2.75, 3.05) is 11.1 Å². The molecule has 7 heteroatoms. The minimum absolute atomic E-state index is 0.148. The van der Waals surface area contributed by atoms with E-state index < -0.39 is 0 Å². The van der Waals surface area contributed by atoms with E-state index in [-0.39, 0.29) is 23.4 Å². The summed E-state index contributed by atoms with van der Waals surface area (Å²) in [6.07, 6.45) is 0. The Morgan fingerprint density at radius 3 is 2.17 bits per heavy atom. The molecule has 0 unspecified atom stereocenters. The van der Waals surface area contributed by atoms with Crippen LogP contribution in [0.2, 0.25) is 5.02 Å². The van der Waals surface area contributed by atoms with Gasteiger partial charge in [0.05, 0.1) is 5.75 Å². The molecule has 0 aliphatic heterocycles. The number of nitrogens with one attached hydrogen (secondary N) is 2. The normalized spacial score (nSPS) is 10.5. The lowest BCUT2D eigenvalue weighted by Gasteiger charge is -2.07. The quantitative estimate of drug-likeness (QED) is 0.499. The third-order valence-corrected chi connectivity index (χ3v) is 5.47. The molecule has 0 aromatic heterocycles. The minimum Gasteiger partial charge on any atom is -0.348 e. The largest absolute Gasteiger partial charge is 0.348 e. The molecule has 0 aliphatic rings. The van der Waals surface area contributed by atoms with Crippen LogP contribution in [0.4, 0.5) is 10.1 Å². The summed E-state index contributed by atoms with van der Waals surface area (Å²) in [4.78, 5) is 24.2. The summed E-state index contributed by atoms with van der Waals surface area (Å²) < 4.78 is 12.9. The molecule has 0 saturated carbocycles. The van der Waals surface area contributed by atoms with Crippen LogP contribution in [0, 0.1) is 5.82 Å². The molecule has 4 nitrogen and oxygen atoms in total. The first-order valence-corrected chi connectivity index (χ1v) is 10.8. The maximum absolute atomic E-state index is 12.9. The standard InChI is InChI=1S/C23H20ClFN2O2S/c24-19-7-3-16(4-8-19)13-26-23(29)18-5-1-17(2-6-18)14-30-15-22(28)27-21-11-9-20(25)10-12-21/h1-12H,13-15H2,(H,26,29)(H,27,28). The molecule has 0 aliphatic carbocycles. The van der Waals surface area contributed by atoms with Gasteiger partial charge in [0.1, 0.15) is 5.82 Å². The van der Waals surface area contributed by atoms with Crippen LogP contribution in [0.25, 0.3) is 0 Å². The van der Waals surface area contributed by atoms with Gasteiger partial charge in [-0.15, -0.1) is 11.8 Å². The summed E-state index contributed by atoms with van der Waals surface area (Å²) in [6, 6.07) is 20.3. The molecule has 3 aromatic carbocycles. The highest BCUT2D eigenvalue weighted by atomic mass is 35.5. The van der Waals surface area contributed by atoms with Gasteiger partial charge in [0.2, 0.25) is 5.91 Å². The fraction of sp³-hybridized carbons (Fsp3) is 0.130. The number of carbonyl (C=O) groups is 2.